The van der Waals surface area contributed by atoms with Gasteiger partial charge < -0.3 is 24.8 Å². The Labute approximate surface area is 174 Å². The van der Waals surface area contributed by atoms with Crippen LogP contribution in [0.1, 0.15) is 33.6 Å². The molecule has 0 aliphatic carbocycles. The smallest absolute Gasteiger partial charge is 0.410 e. The first-order chi connectivity index (χ1) is 13.8. The standard InChI is InChI=1S/C22H35N5O2/c1-22(2,3)29-21(28)26-14-15-27-19(17-26)16-24-20(27)23-12-8-9-13-25(4)18-10-6-5-7-11-18/h5-7,10-11,19H,8-9,12-17H2,1-4H3,(H,23,24). The zero-order valence-electron chi connectivity index (χ0n) is 18.2. The number of piperazine rings is 1. The molecule has 160 valence electrons. The van der Waals surface area contributed by atoms with Gasteiger partial charge in [-0.15, -0.1) is 0 Å². The second kappa shape index (κ2) is 9.37. The number of fused-ring (bicyclic) bond motifs is 1. The number of unbranched alkanes of at least 4 members (excludes halogenated alkanes) is 1. The van der Waals surface area contributed by atoms with E-state index in [1.54, 1.807) is 0 Å². The van der Waals surface area contributed by atoms with Crippen LogP contribution in [0.15, 0.2) is 35.3 Å². The average Bonchev–Trinajstić information content (AvgIpc) is 3.09. The topological polar surface area (TPSA) is 60.4 Å². The Hall–Kier alpha value is -2.44. The van der Waals surface area contributed by atoms with Crippen LogP contribution in [-0.4, -0.2) is 79.8 Å². The maximum atomic E-state index is 12.3. The minimum Gasteiger partial charge on any atom is -0.444 e. The highest BCUT2D eigenvalue weighted by Crippen LogP contribution is 2.18. The molecule has 1 aromatic carbocycles. The van der Waals surface area contributed by atoms with E-state index in [9.17, 15) is 4.79 Å². The van der Waals surface area contributed by atoms with Crippen molar-refractivity contribution >= 4 is 17.7 Å². The predicted molar refractivity (Wildman–Crippen MR) is 118 cm³/mol. The third-order valence-electron chi connectivity index (χ3n) is 5.26. The molecule has 0 saturated carbocycles. The number of amides is 1. The summed E-state index contributed by atoms with van der Waals surface area (Å²) in [6.45, 7) is 10.5. The van der Waals surface area contributed by atoms with Crippen LogP contribution < -0.4 is 10.2 Å². The Morgan fingerprint density at radius 2 is 2.00 bits per heavy atom. The third-order valence-corrected chi connectivity index (χ3v) is 5.26. The van der Waals surface area contributed by atoms with Gasteiger partial charge in [-0.05, 0) is 45.7 Å². The van der Waals surface area contributed by atoms with Crippen molar-refractivity contribution in [2.24, 2.45) is 4.99 Å². The molecule has 2 heterocycles. The van der Waals surface area contributed by atoms with E-state index in [4.69, 9.17) is 4.74 Å². The molecular weight excluding hydrogens is 366 g/mol. The van der Waals surface area contributed by atoms with Crippen LogP contribution in [0.25, 0.3) is 0 Å². The van der Waals surface area contributed by atoms with E-state index in [0.717, 1.165) is 45.0 Å². The van der Waals surface area contributed by atoms with Crippen LogP contribution in [-0.2, 0) is 4.74 Å². The summed E-state index contributed by atoms with van der Waals surface area (Å²) in [6, 6.07) is 10.7. The van der Waals surface area contributed by atoms with Crippen LogP contribution >= 0.6 is 0 Å². The molecule has 1 unspecified atom stereocenters. The monoisotopic (exact) mass is 401 g/mol. The summed E-state index contributed by atoms with van der Waals surface area (Å²) >= 11 is 0. The van der Waals surface area contributed by atoms with E-state index < -0.39 is 5.60 Å². The minimum atomic E-state index is -0.457. The number of nitrogens with zero attached hydrogens (tertiary/aromatic N) is 4. The van der Waals surface area contributed by atoms with Crippen molar-refractivity contribution in [3.63, 3.8) is 0 Å². The zero-order valence-corrected chi connectivity index (χ0v) is 18.2. The Kier molecular flexibility index (Phi) is 6.87. The van der Waals surface area contributed by atoms with Gasteiger partial charge in [-0.1, -0.05) is 18.2 Å². The van der Waals surface area contributed by atoms with Gasteiger partial charge in [0.2, 0.25) is 0 Å². The molecule has 1 saturated heterocycles. The number of anilines is 1. The first kappa shape index (κ1) is 21.3. The number of nitrogens with one attached hydrogen (secondary N) is 1. The number of carbonyl (C=O) groups is 1. The molecule has 29 heavy (non-hydrogen) atoms. The Morgan fingerprint density at radius 1 is 1.24 bits per heavy atom. The third kappa shape index (κ3) is 6.02. The molecule has 0 aromatic heterocycles. The zero-order chi connectivity index (χ0) is 20.9. The van der Waals surface area contributed by atoms with Crippen LogP contribution in [0.4, 0.5) is 10.5 Å². The molecule has 0 spiro atoms. The van der Waals surface area contributed by atoms with Crippen molar-refractivity contribution in [3.8, 4) is 0 Å². The molecule has 2 aliphatic heterocycles. The number of hydrogen-bond donors (Lipinski definition) is 1. The van der Waals surface area contributed by atoms with Gasteiger partial charge in [0.25, 0.3) is 0 Å². The van der Waals surface area contributed by atoms with Crippen molar-refractivity contribution < 1.29 is 9.53 Å². The Morgan fingerprint density at radius 3 is 2.72 bits per heavy atom. The summed E-state index contributed by atoms with van der Waals surface area (Å²) in [5.74, 6) is 0.982. The molecule has 1 aromatic rings. The molecule has 0 bridgehead atoms. The SMILES string of the molecule is CN(CCCCNC1=NCC2CN(C(=O)OC(C)(C)C)CCN12)c1ccccc1. The molecule has 7 nitrogen and oxygen atoms in total. The maximum Gasteiger partial charge on any atom is 0.410 e. The highest BCUT2D eigenvalue weighted by Gasteiger charge is 2.36. The molecule has 7 heteroatoms. The molecule has 1 fully saturated rings. The van der Waals surface area contributed by atoms with Gasteiger partial charge in [0.1, 0.15) is 5.60 Å². The van der Waals surface area contributed by atoms with Gasteiger partial charge in [0.05, 0.1) is 12.6 Å². The molecule has 0 radical (unpaired) electrons. The first-order valence-corrected chi connectivity index (χ1v) is 10.6. The second-order valence-electron chi connectivity index (χ2n) is 8.83. The predicted octanol–water partition coefficient (Wildman–Crippen LogP) is 2.78. The Bertz CT molecular complexity index is 701. The first-order valence-electron chi connectivity index (χ1n) is 10.6. The number of rotatable bonds is 6. The fourth-order valence-corrected chi connectivity index (χ4v) is 3.71. The lowest BCUT2D eigenvalue weighted by molar-refractivity contribution is 0.0137. The summed E-state index contributed by atoms with van der Waals surface area (Å²) in [5, 5.41) is 3.50. The summed E-state index contributed by atoms with van der Waals surface area (Å²) in [7, 11) is 2.14. The minimum absolute atomic E-state index is 0.221. The van der Waals surface area contributed by atoms with Crippen LogP contribution in [0.2, 0.25) is 0 Å². The van der Waals surface area contributed by atoms with Gasteiger partial charge in [-0.3, -0.25) is 4.99 Å². The van der Waals surface area contributed by atoms with Crippen LogP contribution in [0, 0.1) is 0 Å². The molecule has 1 N–H and O–H groups in total. The van der Waals surface area contributed by atoms with Crippen molar-refractivity contribution in [1.29, 1.82) is 0 Å². The van der Waals surface area contributed by atoms with Gasteiger partial charge >= 0.3 is 6.09 Å². The number of para-hydroxylation sites is 1. The molecule has 1 amide bonds. The van der Waals surface area contributed by atoms with Crippen molar-refractivity contribution in [3.05, 3.63) is 30.3 Å². The Balaban J connectivity index is 1.35. The maximum absolute atomic E-state index is 12.3. The average molecular weight is 402 g/mol. The second-order valence-corrected chi connectivity index (χ2v) is 8.83. The van der Waals surface area contributed by atoms with E-state index in [1.807, 2.05) is 31.7 Å². The number of ether oxygens (including phenoxy) is 1. The number of aliphatic imine (C=N–C) groups is 1. The van der Waals surface area contributed by atoms with E-state index in [1.165, 1.54) is 5.69 Å². The molecule has 3 rings (SSSR count). The lowest BCUT2D eigenvalue weighted by Crippen LogP contribution is -2.57. The lowest BCUT2D eigenvalue weighted by Gasteiger charge is -2.39. The molecule has 1 atom stereocenters. The lowest BCUT2D eigenvalue weighted by atomic mass is 10.2. The quantitative estimate of drug-likeness (QED) is 0.743. The highest BCUT2D eigenvalue weighted by atomic mass is 16.6. The van der Waals surface area contributed by atoms with E-state index in [0.29, 0.717) is 13.1 Å². The van der Waals surface area contributed by atoms with Crippen molar-refractivity contribution in [2.45, 2.75) is 45.3 Å². The molecular formula is C22H35N5O2. The van der Waals surface area contributed by atoms with Gasteiger partial charge in [0.15, 0.2) is 5.96 Å². The van der Waals surface area contributed by atoms with Gasteiger partial charge in [-0.2, -0.15) is 0 Å². The number of benzene rings is 1. The number of carbonyl (C=O) groups excluding carboxylic acids is 1. The van der Waals surface area contributed by atoms with Gasteiger partial charge in [-0.25, -0.2) is 4.79 Å². The van der Waals surface area contributed by atoms with Crippen LogP contribution in [0.3, 0.4) is 0 Å². The normalized spacial score (nSPS) is 18.9. The summed E-state index contributed by atoms with van der Waals surface area (Å²) in [4.78, 5) is 23.4. The summed E-state index contributed by atoms with van der Waals surface area (Å²) in [5.41, 5.74) is 0.799. The highest BCUT2D eigenvalue weighted by molar-refractivity contribution is 5.82. The largest absolute Gasteiger partial charge is 0.444 e. The fraction of sp³-hybridized carbons (Fsp3) is 0.636. The molecule has 2 aliphatic rings. The summed E-state index contributed by atoms with van der Waals surface area (Å²) < 4.78 is 5.51. The van der Waals surface area contributed by atoms with Gasteiger partial charge in [0, 0.05) is 45.5 Å². The number of hydrogen-bond acceptors (Lipinski definition) is 6. The van der Waals surface area contributed by atoms with E-state index in [2.05, 4.69) is 51.4 Å². The number of guanidine groups is 1. The van der Waals surface area contributed by atoms with Crippen LogP contribution in [0.5, 0.6) is 0 Å². The van der Waals surface area contributed by atoms with E-state index >= 15 is 0 Å². The summed E-state index contributed by atoms with van der Waals surface area (Å²) in [6.07, 6.45) is 2.00. The fourth-order valence-electron chi connectivity index (χ4n) is 3.71. The van der Waals surface area contributed by atoms with E-state index in [-0.39, 0.29) is 12.1 Å². The van der Waals surface area contributed by atoms with Crippen molar-refractivity contribution in [1.82, 2.24) is 15.1 Å². The van der Waals surface area contributed by atoms with Crippen molar-refractivity contribution in [2.75, 3.05) is 51.2 Å².